The molecule has 1 unspecified atom stereocenters. The number of rotatable bonds is 2. The van der Waals surface area contributed by atoms with Crippen LogP contribution in [0.1, 0.15) is 5.56 Å². The van der Waals surface area contributed by atoms with E-state index in [2.05, 4.69) is 32.8 Å². The summed E-state index contributed by atoms with van der Waals surface area (Å²) < 4.78 is 8.88. The molecule has 0 saturated heterocycles. The highest BCUT2D eigenvalue weighted by Crippen LogP contribution is 2.13. The van der Waals surface area contributed by atoms with Crippen LogP contribution in [0.4, 0.5) is 0 Å². The van der Waals surface area contributed by atoms with Gasteiger partial charge in [0.05, 0.1) is 5.56 Å². The number of hydrogen-bond donors (Lipinski definition) is 1. The molecule has 1 aromatic rings. The second kappa shape index (κ2) is 4.52. The van der Waals surface area contributed by atoms with Gasteiger partial charge in [0.1, 0.15) is 10.7 Å². The number of alkyl halides is 1. The Morgan fingerprint density at radius 2 is 2.60 bits per heavy atom. The number of nitrogens with zero attached hydrogens (tertiary/aromatic N) is 2. The lowest BCUT2D eigenvalue weighted by atomic mass is 10.3. The van der Waals surface area contributed by atoms with Gasteiger partial charge in [-0.15, -0.1) is 0 Å². The maximum atomic E-state index is 5.63. The standard InChI is InChI=1S/C8H10IN3O2S/c1-12-8(15)6(3-10-12)7-11-13-4-5(2-9)14-7/h3,5,10H,2,4H2,1H3. The van der Waals surface area contributed by atoms with E-state index < -0.39 is 0 Å². The smallest absolute Gasteiger partial charge is 0.262 e. The maximum Gasteiger partial charge on any atom is 0.262 e. The van der Waals surface area contributed by atoms with Gasteiger partial charge in [-0.25, -0.2) is 0 Å². The van der Waals surface area contributed by atoms with Crippen molar-refractivity contribution in [2.45, 2.75) is 6.10 Å². The zero-order chi connectivity index (χ0) is 10.8. The Morgan fingerprint density at radius 3 is 3.20 bits per heavy atom. The quantitative estimate of drug-likeness (QED) is 0.506. The number of aromatic amines is 1. The van der Waals surface area contributed by atoms with Crippen LogP contribution in [0.5, 0.6) is 0 Å². The average Bonchev–Trinajstić information content (AvgIpc) is 2.60. The second-order valence-corrected chi connectivity index (χ2v) is 4.41. The molecular formula is C8H10IN3O2S. The Balaban J connectivity index is 2.28. The fourth-order valence-electron chi connectivity index (χ4n) is 1.20. The number of ether oxygens (including phenoxy) is 1. The van der Waals surface area contributed by atoms with E-state index in [4.69, 9.17) is 21.8 Å². The zero-order valence-electron chi connectivity index (χ0n) is 8.07. The van der Waals surface area contributed by atoms with Gasteiger partial charge in [0, 0.05) is 17.7 Å². The van der Waals surface area contributed by atoms with E-state index in [1.54, 1.807) is 10.9 Å². The van der Waals surface area contributed by atoms with Gasteiger partial charge < -0.3 is 14.7 Å². The highest BCUT2D eigenvalue weighted by molar-refractivity contribution is 14.1. The summed E-state index contributed by atoms with van der Waals surface area (Å²) in [7, 11) is 1.84. The van der Waals surface area contributed by atoms with Crippen molar-refractivity contribution in [2.24, 2.45) is 12.2 Å². The van der Waals surface area contributed by atoms with E-state index in [0.29, 0.717) is 17.1 Å². The molecule has 1 atom stereocenters. The number of halogens is 1. The molecule has 1 aliphatic heterocycles. The largest absolute Gasteiger partial charge is 0.467 e. The summed E-state index contributed by atoms with van der Waals surface area (Å²) in [5, 5.41) is 6.82. The molecule has 1 aromatic heterocycles. The molecule has 7 heteroatoms. The van der Waals surface area contributed by atoms with E-state index in [9.17, 15) is 0 Å². The van der Waals surface area contributed by atoms with E-state index >= 15 is 0 Å². The molecule has 2 heterocycles. The summed E-state index contributed by atoms with van der Waals surface area (Å²) >= 11 is 7.45. The molecule has 0 saturated carbocycles. The summed E-state index contributed by atoms with van der Waals surface area (Å²) in [6.45, 7) is 0.496. The lowest BCUT2D eigenvalue weighted by Gasteiger charge is -2.20. The van der Waals surface area contributed by atoms with Crippen LogP contribution < -0.4 is 0 Å². The highest BCUT2D eigenvalue weighted by atomic mass is 127. The molecule has 1 aliphatic rings. The highest BCUT2D eigenvalue weighted by Gasteiger charge is 2.21. The first-order chi connectivity index (χ1) is 7.22. The number of hydrogen-bond acceptors (Lipinski definition) is 4. The molecule has 0 spiro atoms. The maximum absolute atomic E-state index is 5.63. The van der Waals surface area contributed by atoms with Crippen LogP contribution in [0.3, 0.4) is 0 Å². The van der Waals surface area contributed by atoms with E-state index in [0.717, 1.165) is 9.99 Å². The van der Waals surface area contributed by atoms with Crippen molar-refractivity contribution >= 4 is 40.7 Å². The topological polar surface area (TPSA) is 51.5 Å². The summed E-state index contributed by atoms with van der Waals surface area (Å²) in [5.74, 6) is 0.463. The lowest BCUT2D eigenvalue weighted by Crippen LogP contribution is -2.29. The fraction of sp³-hybridized carbons (Fsp3) is 0.500. The SMILES string of the molecule is Cn1[nH]cc(C2=NOCC(CI)O2)c1=S. The molecule has 0 fully saturated rings. The second-order valence-electron chi connectivity index (χ2n) is 3.14. The molecule has 0 radical (unpaired) electrons. The van der Waals surface area contributed by atoms with Crippen molar-refractivity contribution in [3.05, 3.63) is 16.4 Å². The summed E-state index contributed by atoms with van der Waals surface area (Å²) in [6.07, 6.45) is 1.81. The number of aryl methyl sites for hydroxylation is 1. The van der Waals surface area contributed by atoms with E-state index in [1.807, 2.05) is 7.05 Å². The summed E-state index contributed by atoms with van der Waals surface area (Å²) in [5.41, 5.74) is 0.766. The predicted octanol–water partition coefficient (Wildman–Crippen LogP) is 1.59. The van der Waals surface area contributed by atoms with Gasteiger partial charge in [-0.3, -0.25) is 4.68 Å². The van der Waals surface area contributed by atoms with Crippen molar-refractivity contribution in [1.82, 2.24) is 9.78 Å². The van der Waals surface area contributed by atoms with Gasteiger partial charge in [-0.05, 0) is 5.16 Å². The first-order valence-electron chi connectivity index (χ1n) is 4.39. The summed E-state index contributed by atoms with van der Waals surface area (Å²) in [4.78, 5) is 5.09. The monoisotopic (exact) mass is 339 g/mol. The van der Waals surface area contributed by atoms with Gasteiger partial charge in [0.2, 0.25) is 0 Å². The first-order valence-corrected chi connectivity index (χ1v) is 6.33. The van der Waals surface area contributed by atoms with Crippen LogP contribution in [0.15, 0.2) is 11.4 Å². The van der Waals surface area contributed by atoms with Crippen LogP contribution >= 0.6 is 34.8 Å². The third kappa shape index (κ3) is 2.17. The molecule has 1 N–H and O–H groups in total. The molecule has 2 rings (SSSR count). The van der Waals surface area contributed by atoms with Crippen LogP contribution in [0, 0.1) is 4.64 Å². The Hall–Kier alpha value is -0.570. The number of H-pyrrole nitrogens is 1. The fourth-order valence-corrected chi connectivity index (χ4v) is 1.83. The third-order valence-electron chi connectivity index (χ3n) is 2.03. The zero-order valence-corrected chi connectivity index (χ0v) is 11.0. The van der Waals surface area contributed by atoms with Gasteiger partial charge in [0.25, 0.3) is 5.90 Å². The van der Waals surface area contributed by atoms with Crippen molar-refractivity contribution < 1.29 is 9.57 Å². The van der Waals surface area contributed by atoms with Crippen LogP contribution in [0.2, 0.25) is 0 Å². The third-order valence-corrected chi connectivity index (χ3v) is 3.50. The van der Waals surface area contributed by atoms with Crippen molar-refractivity contribution in [3.63, 3.8) is 0 Å². The number of aromatic nitrogens is 2. The van der Waals surface area contributed by atoms with Crippen LogP contribution in [-0.4, -0.2) is 32.8 Å². The van der Waals surface area contributed by atoms with E-state index in [1.165, 1.54) is 0 Å². The minimum absolute atomic E-state index is 0.0488. The summed E-state index contributed by atoms with van der Waals surface area (Å²) in [6, 6.07) is 0. The Kier molecular flexibility index (Phi) is 3.29. The Morgan fingerprint density at radius 1 is 1.80 bits per heavy atom. The van der Waals surface area contributed by atoms with Crippen molar-refractivity contribution in [2.75, 3.05) is 11.0 Å². The minimum atomic E-state index is 0.0488. The van der Waals surface area contributed by atoms with Gasteiger partial charge in [-0.1, -0.05) is 34.8 Å². The average molecular weight is 339 g/mol. The molecule has 0 amide bonds. The lowest BCUT2D eigenvalue weighted by molar-refractivity contribution is 0.0230. The molecule has 0 aromatic carbocycles. The Bertz CT molecular complexity index is 439. The van der Waals surface area contributed by atoms with Gasteiger partial charge in [-0.2, -0.15) is 0 Å². The van der Waals surface area contributed by atoms with Gasteiger partial charge >= 0.3 is 0 Å². The predicted molar refractivity (Wildman–Crippen MR) is 66.8 cm³/mol. The molecule has 82 valence electrons. The molecular weight excluding hydrogens is 329 g/mol. The van der Waals surface area contributed by atoms with Crippen molar-refractivity contribution in [3.8, 4) is 0 Å². The molecule has 5 nitrogen and oxygen atoms in total. The van der Waals surface area contributed by atoms with Crippen LogP contribution in [-0.2, 0) is 16.6 Å². The normalized spacial score (nSPS) is 20.4. The number of nitrogens with one attached hydrogen (secondary N) is 1. The van der Waals surface area contributed by atoms with E-state index in [-0.39, 0.29) is 6.10 Å². The first kappa shape index (κ1) is 10.9. The molecule has 15 heavy (non-hydrogen) atoms. The Labute approximate surface area is 106 Å². The van der Waals surface area contributed by atoms with Crippen LogP contribution in [0.25, 0.3) is 0 Å². The molecule has 0 bridgehead atoms. The number of oxime groups is 1. The van der Waals surface area contributed by atoms with Gasteiger partial charge in [0.15, 0.2) is 6.61 Å². The minimum Gasteiger partial charge on any atom is -0.467 e. The van der Waals surface area contributed by atoms with Crippen molar-refractivity contribution in [1.29, 1.82) is 0 Å². The molecule has 0 aliphatic carbocycles.